The van der Waals surface area contributed by atoms with Crippen LogP contribution in [0.15, 0.2) is 18.3 Å². The highest BCUT2D eigenvalue weighted by Gasteiger charge is 2.29. The molecule has 1 aromatic rings. The Labute approximate surface area is 103 Å². The average Bonchev–Trinajstić information content (AvgIpc) is 3.14. The van der Waals surface area contributed by atoms with E-state index in [2.05, 4.69) is 22.0 Å². The van der Waals surface area contributed by atoms with Crippen molar-refractivity contribution in [1.29, 1.82) is 0 Å². The van der Waals surface area contributed by atoms with E-state index in [-0.39, 0.29) is 6.04 Å². The molecule has 4 nitrogen and oxygen atoms in total. The zero-order valence-electron chi connectivity index (χ0n) is 10.6. The number of nitrogens with zero attached hydrogens (tertiary/aromatic N) is 2. The van der Waals surface area contributed by atoms with Crippen LogP contribution in [0.5, 0.6) is 0 Å². The average molecular weight is 235 g/mol. The largest absolute Gasteiger partial charge is 0.383 e. The summed E-state index contributed by atoms with van der Waals surface area (Å²) in [4.78, 5) is 6.83. The van der Waals surface area contributed by atoms with Gasteiger partial charge in [-0.3, -0.25) is 0 Å². The summed E-state index contributed by atoms with van der Waals surface area (Å²) in [5, 5.41) is 0. The van der Waals surface area contributed by atoms with Gasteiger partial charge >= 0.3 is 0 Å². The molecule has 0 amide bonds. The van der Waals surface area contributed by atoms with Crippen molar-refractivity contribution in [3.63, 3.8) is 0 Å². The predicted molar refractivity (Wildman–Crippen MR) is 69.1 cm³/mol. The Kier molecular flexibility index (Phi) is 3.97. The molecular formula is C13H21N3O. The van der Waals surface area contributed by atoms with Crippen LogP contribution in [0.25, 0.3) is 0 Å². The van der Waals surface area contributed by atoms with Crippen LogP contribution in [0.2, 0.25) is 0 Å². The first-order chi connectivity index (χ1) is 8.22. The molecule has 1 atom stereocenters. The summed E-state index contributed by atoms with van der Waals surface area (Å²) in [5.41, 5.74) is 6.90. The fraction of sp³-hybridized carbons (Fsp3) is 0.615. The Morgan fingerprint density at radius 1 is 1.53 bits per heavy atom. The van der Waals surface area contributed by atoms with E-state index < -0.39 is 0 Å². The molecule has 94 valence electrons. The Morgan fingerprint density at radius 3 is 2.76 bits per heavy atom. The van der Waals surface area contributed by atoms with Crippen molar-refractivity contribution in [3.8, 4) is 0 Å². The summed E-state index contributed by atoms with van der Waals surface area (Å²) >= 11 is 0. The van der Waals surface area contributed by atoms with Gasteiger partial charge in [-0.25, -0.2) is 4.98 Å². The standard InChI is InChI=1S/C13H21N3O/c1-10(14)11-3-6-13(15-9-11)16(7-8-17-2)12-4-5-12/h3,6,9-10,12H,4-5,7-8,14H2,1-2H3. The molecule has 17 heavy (non-hydrogen) atoms. The Balaban J connectivity index is 2.07. The summed E-state index contributed by atoms with van der Waals surface area (Å²) in [6.45, 7) is 3.62. The number of methoxy groups -OCH3 is 1. The fourth-order valence-corrected chi connectivity index (χ4v) is 1.90. The summed E-state index contributed by atoms with van der Waals surface area (Å²) in [5.74, 6) is 1.04. The van der Waals surface area contributed by atoms with Gasteiger partial charge in [-0.2, -0.15) is 0 Å². The Morgan fingerprint density at radius 2 is 2.29 bits per heavy atom. The Bertz CT molecular complexity index is 346. The van der Waals surface area contributed by atoms with Crippen LogP contribution in [0.4, 0.5) is 5.82 Å². The third-order valence-corrected chi connectivity index (χ3v) is 3.11. The first kappa shape index (κ1) is 12.3. The van der Waals surface area contributed by atoms with Crippen LogP contribution >= 0.6 is 0 Å². The lowest BCUT2D eigenvalue weighted by Gasteiger charge is -2.23. The lowest BCUT2D eigenvalue weighted by molar-refractivity contribution is 0.204. The van der Waals surface area contributed by atoms with E-state index >= 15 is 0 Å². The van der Waals surface area contributed by atoms with Crippen LogP contribution in [-0.2, 0) is 4.74 Å². The van der Waals surface area contributed by atoms with Crippen LogP contribution in [0.3, 0.4) is 0 Å². The molecule has 0 aromatic carbocycles. The smallest absolute Gasteiger partial charge is 0.128 e. The second kappa shape index (κ2) is 5.47. The molecule has 1 fully saturated rings. The zero-order valence-corrected chi connectivity index (χ0v) is 10.6. The van der Waals surface area contributed by atoms with Gasteiger partial charge < -0.3 is 15.4 Å². The van der Waals surface area contributed by atoms with Gasteiger partial charge in [-0.05, 0) is 31.4 Å². The number of aromatic nitrogens is 1. The molecule has 0 spiro atoms. The van der Waals surface area contributed by atoms with Gasteiger partial charge in [-0.1, -0.05) is 6.07 Å². The van der Waals surface area contributed by atoms with E-state index in [1.54, 1.807) is 7.11 Å². The van der Waals surface area contributed by atoms with Crippen LogP contribution in [0.1, 0.15) is 31.4 Å². The maximum Gasteiger partial charge on any atom is 0.128 e. The number of rotatable bonds is 6. The quantitative estimate of drug-likeness (QED) is 0.815. The molecular weight excluding hydrogens is 214 g/mol. The van der Waals surface area contributed by atoms with E-state index in [9.17, 15) is 0 Å². The van der Waals surface area contributed by atoms with E-state index in [4.69, 9.17) is 10.5 Å². The van der Waals surface area contributed by atoms with Crippen molar-refractivity contribution in [3.05, 3.63) is 23.9 Å². The highest BCUT2D eigenvalue weighted by molar-refractivity contribution is 5.42. The summed E-state index contributed by atoms with van der Waals surface area (Å²) < 4.78 is 5.14. The Hall–Kier alpha value is -1.13. The normalized spacial score (nSPS) is 16.9. The maximum atomic E-state index is 5.82. The molecule has 1 heterocycles. The number of pyridine rings is 1. The molecule has 4 heteroatoms. The number of ether oxygens (including phenoxy) is 1. The molecule has 1 aromatic heterocycles. The molecule has 0 bridgehead atoms. The first-order valence-corrected chi connectivity index (χ1v) is 6.19. The molecule has 0 aliphatic heterocycles. The second-order valence-electron chi connectivity index (χ2n) is 4.66. The number of nitrogens with two attached hydrogens (primary N) is 1. The third-order valence-electron chi connectivity index (χ3n) is 3.11. The van der Waals surface area contributed by atoms with E-state index in [0.717, 1.165) is 24.5 Å². The fourth-order valence-electron chi connectivity index (χ4n) is 1.90. The van der Waals surface area contributed by atoms with Crippen molar-refractivity contribution in [1.82, 2.24) is 4.98 Å². The monoisotopic (exact) mass is 235 g/mol. The van der Waals surface area contributed by atoms with Crippen LogP contribution in [0, 0.1) is 0 Å². The molecule has 1 unspecified atom stereocenters. The van der Waals surface area contributed by atoms with E-state index in [0.29, 0.717) is 6.04 Å². The van der Waals surface area contributed by atoms with Gasteiger partial charge in [0.1, 0.15) is 5.82 Å². The lowest BCUT2D eigenvalue weighted by atomic mass is 10.1. The van der Waals surface area contributed by atoms with Crippen LogP contribution < -0.4 is 10.6 Å². The topological polar surface area (TPSA) is 51.4 Å². The summed E-state index contributed by atoms with van der Waals surface area (Å²) in [6, 6.07) is 4.82. The van der Waals surface area contributed by atoms with Crippen molar-refractivity contribution < 1.29 is 4.74 Å². The third kappa shape index (κ3) is 3.17. The number of anilines is 1. The molecule has 2 rings (SSSR count). The SMILES string of the molecule is COCCN(c1ccc(C(C)N)cn1)C1CC1. The molecule has 1 aliphatic rings. The van der Waals surface area contributed by atoms with Crippen molar-refractivity contribution in [2.24, 2.45) is 5.73 Å². The number of hydrogen-bond donors (Lipinski definition) is 1. The van der Waals surface area contributed by atoms with Gasteiger partial charge in [0.15, 0.2) is 0 Å². The summed E-state index contributed by atoms with van der Waals surface area (Å²) in [6.07, 6.45) is 4.41. The first-order valence-electron chi connectivity index (χ1n) is 6.19. The number of hydrogen-bond acceptors (Lipinski definition) is 4. The van der Waals surface area contributed by atoms with Gasteiger partial charge in [0.25, 0.3) is 0 Å². The van der Waals surface area contributed by atoms with Gasteiger partial charge in [0, 0.05) is 31.9 Å². The van der Waals surface area contributed by atoms with E-state index in [1.165, 1.54) is 12.8 Å². The van der Waals surface area contributed by atoms with Crippen molar-refractivity contribution >= 4 is 5.82 Å². The highest BCUT2D eigenvalue weighted by Crippen LogP contribution is 2.30. The molecule has 2 N–H and O–H groups in total. The zero-order chi connectivity index (χ0) is 12.3. The predicted octanol–water partition coefficient (Wildman–Crippen LogP) is 1.72. The van der Waals surface area contributed by atoms with Gasteiger partial charge in [0.05, 0.1) is 6.61 Å². The minimum Gasteiger partial charge on any atom is -0.383 e. The minimum absolute atomic E-state index is 0.0462. The minimum atomic E-state index is 0.0462. The molecule has 0 radical (unpaired) electrons. The molecule has 1 saturated carbocycles. The van der Waals surface area contributed by atoms with Gasteiger partial charge in [-0.15, -0.1) is 0 Å². The summed E-state index contributed by atoms with van der Waals surface area (Å²) in [7, 11) is 1.73. The molecule has 1 aliphatic carbocycles. The van der Waals surface area contributed by atoms with Gasteiger partial charge in [0.2, 0.25) is 0 Å². The van der Waals surface area contributed by atoms with Crippen molar-refractivity contribution in [2.45, 2.75) is 31.8 Å². The van der Waals surface area contributed by atoms with Crippen molar-refractivity contribution in [2.75, 3.05) is 25.2 Å². The molecule has 0 saturated heterocycles. The van der Waals surface area contributed by atoms with E-state index in [1.807, 2.05) is 13.1 Å². The lowest BCUT2D eigenvalue weighted by Crippen LogP contribution is -2.30. The second-order valence-corrected chi connectivity index (χ2v) is 4.66. The maximum absolute atomic E-state index is 5.82. The van der Waals surface area contributed by atoms with Crippen LogP contribution in [-0.4, -0.2) is 31.3 Å². The highest BCUT2D eigenvalue weighted by atomic mass is 16.5.